The van der Waals surface area contributed by atoms with Crippen LogP contribution in [0.25, 0.3) is 21.4 Å². The molecule has 1 fully saturated rings. The molecule has 2 aromatic carbocycles. The van der Waals surface area contributed by atoms with Gasteiger partial charge in [-0.2, -0.15) is 0 Å². The van der Waals surface area contributed by atoms with Crippen molar-refractivity contribution in [2.24, 2.45) is 10.8 Å². The number of amides is 1. The fourth-order valence-electron chi connectivity index (χ4n) is 4.79. The summed E-state index contributed by atoms with van der Waals surface area (Å²) in [6, 6.07) is 8.67. The van der Waals surface area contributed by atoms with Gasteiger partial charge in [-0.05, 0) is 38.4 Å². The summed E-state index contributed by atoms with van der Waals surface area (Å²) in [5, 5.41) is 25.4. The van der Waals surface area contributed by atoms with Gasteiger partial charge in [-0.15, -0.1) is 0 Å². The minimum Gasteiger partial charge on any atom is -0.507 e. The Bertz CT molecular complexity index is 1590. The maximum Gasteiger partial charge on any atom is 0.404 e. The fraction of sp³-hybridized carbons (Fsp3) is 0.370. The summed E-state index contributed by atoms with van der Waals surface area (Å²) in [5.41, 5.74) is 12.3. The maximum absolute atomic E-state index is 12.9. The average Bonchev–Trinajstić information content (AvgIpc) is 2.91. The second kappa shape index (κ2) is 11.5. The molecule has 1 aromatic heterocycles. The van der Waals surface area contributed by atoms with Gasteiger partial charge in [0, 0.05) is 35.3 Å². The number of aliphatic hydroxyl groups is 1. The number of carbonyl (C=O) groups is 2. The number of aromatic hydroxyl groups is 1. The number of primary amides is 1. The van der Waals surface area contributed by atoms with Crippen LogP contribution < -0.4 is 16.1 Å². The molecule has 4 rings (SSSR count). The third-order valence-corrected chi connectivity index (χ3v) is 6.79. The van der Waals surface area contributed by atoms with E-state index >= 15 is 0 Å². The number of fused-ring (bicyclic) bond motifs is 1. The van der Waals surface area contributed by atoms with Gasteiger partial charge in [0.1, 0.15) is 23.2 Å². The summed E-state index contributed by atoms with van der Waals surface area (Å²) in [6.07, 6.45) is -6.51. The van der Waals surface area contributed by atoms with Gasteiger partial charge in [-0.3, -0.25) is 4.79 Å². The number of azide groups is 1. The molecule has 0 bridgehead atoms. The lowest BCUT2D eigenvalue weighted by Gasteiger charge is -2.47. The van der Waals surface area contributed by atoms with Crippen molar-refractivity contribution in [3.8, 4) is 11.5 Å². The molecule has 4 atom stereocenters. The van der Waals surface area contributed by atoms with E-state index < -0.39 is 59.9 Å². The molecule has 1 saturated heterocycles. The number of aliphatic hydroxyl groups excluding tert-OH is 1. The lowest BCUT2D eigenvalue weighted by molar-refractivity contribution is -0.304. The molecular weight excluding hydrogens is 540 g/mol. The first-order valence-electron chi connectivity index (χ1n) is 12.4. The number of Topliss-reactive ketones (excluding diaryl/α,β-unsaturated/α-hetero) is 1. The van der Waals surface area contributed by atoms with Crippen molar-refractivity contribution in [2.75, 3.05) is 7.11 Å². The normalized spacial score (nSPS) is 21.6. The van der Waals surface area contributed by atoms with Gasteiger partial charge in [-0.1, -0.05) is 29.4 Å². The monoisotopic (exact) mass is 568 g/mol. The molecule has 0 saturated carbocycles. The molecule has 0 aliphatic carbocycles. The molecule has 2 heterocycles. The number of nitrogens with zero attached hydrogens (tertiary/aromatic N) is 3. The Kier molecular flexibility index (Phi) is 8.22. The quantitative estimate of drug-likeness (QED) is 0.118. The molecule has 1 amide bonds. The first-order chi connectivity index (χ1) is 19.4. The van der Waals surface area contributed by atoms with Crippen LogP contribution >= 0.6 is 0 Å². The van der Waals surface area contributed by atoms with Gasteiger partial charge in [-0.25, -0.2) is 9.59 Å². The predicted molar refractivity (Wildman–Crippen MR) is 143 cm³/mol. The van der Waals surface area contributed by atoms with Crippen LogP contribution in [0.15, 0.2) is 50.7 Å². The molecule has 0 radical (unpaired) electrons. The number of ketones is 1. The van der Waals surface area contributed by atoms with Crippen molar-refractivity contribution in [1.82, 2.24) is 0 Å². The Morgan fingerprint density at radius 2 is 1.88 bits per heavy atom. The van der Waals surface area contributed by atoms with Crippen LogP contribution in [0.3, 0.4) is 0 Å². The Morgan fingerprint density at radius 3 is 2.49 bits per heavy atom. The van der Waals surface area contributed by atoms with Crippen molar-refractivity contribution in [3.05, 3.63) is 74.0 Å². The zero-order chi connectivity index (χ0) is 30.1. The molecule has 41 heavy (non-hydrogen) atoms. The molecule has 4 N–H and O–H groups in total. The highest BCUT2D eigenvalue weighted by atomic mass is 16.7. The van der Waals surface area contributed by atoms with E-state index in [1.807, 2.05) is 0 Å². The average molecular weight is 569 g/mol. The van der Waals surface area contributed by atoms with Crippen molar-refractivity contribution in [3.63, 3.8) is 0 Å². The lowest BCUT2D eigenvalue weighted by atomic mass is 9.89. The van der Waals surface area contributed by atoms with Crippen molar-refractivity contribution < 1.29 is 43.2 Å². The van der Waals surface area contributed by atoms with Crippen LogP contribution in [-0.4, -0.2) is 59.4 Å². The maximum atomic E-state index is 12.9. The third-order valence-electron chi connectivity index (χ3n) is 6.79. The molecule has 3 aromatic rings. The number of hydrogen-bond donors (Lipinski definition) is 3. The van der Waals surface area contributed by atoms with Crippen molar-refractivity contribution in [1.29, 1.82) is 0 Å². The van der Waals surface area contributed by atoms with E-state index in [0.717, 1.165) is 0 Å². The molecule has 14 heteroatoms. The molecule has 1 aliphatic rings. The Balaban J connectivity index is 1.63. The van der Waals surface area contributed by atoms with Gasteiger partial charge in [0.15, 0.2) is 18.0 Å². The van der Waals surface area contributed by atoms with Gasteiger partial charge >= 0.3 is 11.7 Å². The van der Waals surface area contributed by atoms with Gasteiger partial charge in [0.05, 0.1) is 16.6 Å². The Hall–Kier alpha value is -4.62. The first-order valence-corrected chi connectivity index (χ1v) is 12.4. The minimum absolute atomic E-state index is 0.0100. The van der Waals surface area contributed by atoms with Crippen molar-refractivity contribution >= 4 is 28.5 Å². The molecule has 14 nitrogen and oxygen atoms in total. The van der Waals surface area contributed by atoms with E-state index in [9.17, 15) is 24.6 Å². The number of rotatable bonds is 8. The minimum atomic E-state index is -1.51. The standard InChI is InChI=1S/C27H28N4O10/c1-12-18(38-25-20(34)22(40-26(28)36)23(37-4)27(2,3)41-25)10-9-15-19(33)16(24(35)39-21(12)15)11-17(32)13-5-7-14(8-6-13)30-31-29/h5-10,20,22-23,25,33-34H,11H2,1-4H3,(H2,28,36)/t20-,22+,23-,25-/m1/s1. The highest BCUT2D eigenvalue weighted by molar-refractivity contribution is 5.99. The summed E-state index contributed by atoms with van der Waals surface area (Å²) in [7, 11) is 1.37. The highest BCUT2D eigenvalue weighted by Crippen LogP contribution is 2.37. The lowest BCUT2D eigenvalue weighted by Crippen LogP contribution is -2.65. The van der Waals surface area contributed by atoms with Gasteiger partial charge in [0.2, 0.25) is 6.29 Å². The van der Waals surface area contributed by atoms with Crippen LogP contribution in [0.2, 0.25) is 0 Å². The van der Waals surface area contributed by atoms with Gasteiger partial charge in [0.25, 0.3) is 0 Å². The Morgan fingerprint density at radius 1 is 1.20 bits per heavy atom. The van der Waals surface area contributed by atoms with Gasteiger partial charge < -0.3 is 39.3 Å². The van der Waals surface area contributed by atoms with Crippen LogP contribution in [-0.2, 0) is 20.6 Å². The number of carbonyl (C=O) groups excluding carboxylic acids is 2. The molecule has 1 aliphatic heterocycles. The van der Waals surface area contributed by atoms with Crippen LogP contribution in [0.5, 0.6) is 11.5 Å². The topological polar surface area (TPSA) is 217 Å². The van der Waals surface area contributed by atoms with E-state index in [0.29, 0.717) is 5.69 Å². The third kappa shape index (κ3) is 5.81. The van der Waals surface area contributed by atoms with E-state index in [-0.39, 0.29) is 33.4 Å². The number of aryl methyl sites for hydroxylation is 1. The molecule has 0 spiro atoms. The summed E-state index contributed by atoms with van der Waals surface area (Å²) in [4.78, 5) is 39.8. The zero-order valence-electron chi connectivity index (χ0n) is 22.6. The van der Waals surface area contributed by atoms with Crippen molar-refractivity contribution in [2.45, 2.75) is 57.4 Å². The predicted octanol–water partition coefficient (Wildman–Crippen LogP) is 3.53. The van der Waals surface area contributed by atoms with E-state index in [1.165, 1.54) is 43.5 Å². The van der Waals surface area contributed by atoms with Crippen LogP contribution in [0, 0.1) is 6.92 Å². The number of benzene rings is 2. The summed E-state index contributed by atoms with van der Waals surface area (Å²) >= 11 is 0. The zero-order valence-corrected chi connectivity index (χ0v) is 22.6. The number of hydrogen-bond acceptors (Lipinski definition) is 11. The Labute approximate surface area is 232 Å². The van der Waals surface area contributed by atoms with Crippen LogP contribution in [0.1, 0.15) is 35.3 Å². The number of nitrogens with two attached hydrogens (primary N) is 1. The van der Waals surface area contributed by atoms with E-state index in [4.69, 9.17) is 34.6 Å². The smallest absolute Gasteiger partial charge is 0.404 e. The highest BCUT2D eigenvalue weighted by Gasteiger charge is 2.53. The molecular formula is C27H28N4O10. The second-order valence-electron chi connectivity index (χ2n) is 9.87. The number of ether oxygens (including phenoxy) is 4. The van der Waals surface area contributed by atoms with E-state index in [2.05, 4.69) is 10.0 Å². The second-order valence-corrected chi connectivity index (χ2v) is 9.87. The fourth-order valence-corrected chi connectivity index (χ4v) is 4.79. The largest absolute Gasteiger partial charge is 0.507 e. The van der Waals surface area contributed by atoms with Crippen LogP contribution in [0.4, 0.5) is 10.5 Å². The first kappa shape index (κ1) is 29.4. The molecule has 0 unspecified atom stereocenters. The van der Waals surface area contributed by atoms with E-state index in [1.54, 1.807) is 20.8 Å². The SMILES string of the molecule is CO[C@@H]1[C@@H](OC(N)=O)[C@@H](O)[C@H](Oc2ccc3c(O)c(CC(=O)c4ccc(N=[N+]=[N-])cc4)c(=O)oc3c2C)OC1(C)C. The molecule has 216 valence electrons. The number of methoxy groups -OCH3 is 1. The summed E-state index contributed by atoms with van der Waals surface area (Å²) < 4.78 is 27.8. The summed E-state index contributed by atoms with van der Waals surface area (Å²) in [6.45, 7) is 4.87. The summed E-state index contributed by atoms with van der Waals surface area (Å²) in [5.74, 6) is -0.764.